The van der Waals surface area contributed by atoms with Gasteiger partial charge in [0, 0.05) is 6.08 Å². The lowest BCUT2D eigenvalue weighted by molar-refractivity contribution is -0.139. The van der Waals surface area contributed by atoms with E-state index in [1.807, 2.05) is 12.1 Å². The highest BCUT2D eigenvalue weighted by Crippen LogP contribution is 2.25. The molecule has 0 spiro atoms. The molecular weight excluding hydrogens is 356 g/mol. The Hall–Kier alpha value is -2.30. The molecule has 154 valence electrons. The topological polar surface area (TPSA) is 61.8 Å². The number of carbonyl (C=O) groups excluding carboxylic acids is 2. The second-order valence-electron chi connectivity index (χ2n) is 7.22. The van der Waals surface area contributed by atoms with Crippen LogP contribution in [0.3, 0.4) is 0 Å². The zero-order chi connectivity index (χ0) is 20.0. The van der Waals surface area contributed by atoms with Gasteiger partial charge >= 0.3 is 11.9 Å². The number of hydrogen-bond acceptors (Lipinski definition) is 5. The van der Waals surface area contributed by atoms with Gasteiger partial charge in [-0.05, 0) is 62.8 Å². The highest BCUT2D eigenvalue weighted by Gasteiger charge is 2.21. The van der Waals surface area contributed by atoms with Crippen molar-refractivity contribution in [3.8, 4) is 11.5 Å². The molecular formula is C23H32O5. The standard InChI is InChI=1S/C23H32O5/c1-2-22(24)27-18-10-6-5-9-17-26-20-13-15-21(16-14-20)28-23(25)19-11-7-3-4-8-12-19/h2,13-16,19H,1,3-12,17-18H2. The van der Waals surface area contributed by atoms with E-state index in [4.69, 9.17) is 14.2 Å². The molecule has 0 aliphatic heterocycles. The van der Waals surface area contributed by atoms with Gasteiger partial charge in [0.15, 0.2) is 0 Å². The fourth-order valence-electron chi connectivity index (χ4n) is 3.30. The van der Waals surface area contributed by atoms with Crippen molar-refractivity contribution in [3.05, 3.63) is 36.9 Å². The van der Waals surface area contributed by atoms with Crippen LogP contribution in [-0.2, 0) is 14.3 Å². The molecule has 5 nitrogen and oxygen atoms in total. The normalized spacial score (nSPS) is 14.7. The van der Waals surface area contributed by atoms with Crippen LogP contribution in [0.4, 0.5) is 0 Å². The van der Waals surface area contributed by atoms with Crippen LogP contribution in [0.1, 0.15) is 64.2 Å². The molecule has 0 atom stereocenters. The molecule has 0 N–H and O–H groups in total. The second kappa shape index (κ2) is 13.0. The minimum Gasteiger partial charge on any atom is -0.494 e. The van der Waals surface area contributed by atoms with Crippen molar-refractivity contribution in [2.75, 3.05) is 13.2 Å². The van der Waals surface area contributed by atoms with Gasteiger partial charge in [-0.3, -0.25) is 4.79 Å². The molecule has 1 aliphatic rings. The quantitative estimate of drug-likeness (QED) is 0.171. The van der Waals surface area contributed by atoms with Gasteiger partial charge in [0.1, 0.15) is 11.5 Å². The Morgan fingerprint density at radius 1 is 0.893 bits per heavy atom. The maximum Gasteiger partial charge on any atom is 0.330 e. The summed E-state index contributed by atoms with van der Waals surface area (Å²) in [4.78, 5) is 23.2. The van der Waals surface area contributed by atoms with E-state index in [2.05, 4.69) is 6.58 Å². The van der Waals surface area contributed by atoms with Crippen molar-refractivity contribution in [2.24, 2.45) is 5.92 Å². The minimum atomic E-state index is -0.369. The maximum atomic E-state index is 12.3. The smallest absolute Gasteiger partial charge is 0.330 e. The summed E-state index contributed by atoms with van der Waals surface area (Å²) in [5, 5.41) is 0. The van der Waals surface area contributed by atoms with E-state index >= 15 is 0 Å². The molecule has 1 aliphatic carbocycles. The Labute approximate surface area is 168 Å². The fraction of sp³-hybridized carbons (Fsp3) is 0.565. The van der Waals surface area contributed by atoms with Gasteiger partial charge in [0.25, 0.3) is 0 Å². The third-order valence-corrected chi connectivity index (χ3v) is 4.95. The number of benzene rings is 1. The number of esters is 2. The maximum absolute atomic E-state index is 12.3. The first-order chi connectivity index (χ1) is 13.7. The van der Waals surface area contributed by atoms with Gasteiger partial charge in [0.05, 0.1) is 19.1 Å². The SMILES string of the molecule is C=CC(=O)OCCCCCCOc1ccc(OC(=O)C2CCCCCC2)cc1. The molecule has 0 saturated heterocycles. The molecule has 1 fully saturated rings. The third-order valence-electron chi connectivity index (χ3n) is 4.95. The van der Waals surface area contributed by atoms with E-state index < -0.39 is 0 Å². The number of hydrogen-bond donors (Lipinski definition) is 0. The summed E-state index contributed by atoms with van der Waals surface area (Å²) in [7, 11) is 0. The van der Waals surface area contributed by atoms with E-state index in [9.17, 15) is 9.59 Å². The highest BCUT2D eigenvalue weighted by atomic mass is 16.5. The van der Waals surface area contributed by atoms with Crippen molar-refractivity contribution in [2.45, 2.75) is 64.2 Å². The van der Waals surface area contributed by atoms with Crippen LogP contribution in [0.2, 0.25) is 0 Å². The second-order valence-corrected chi connectivity index (χ2v) is 7.22. The first-order valence-electron chi connectivity index (χ1n) is 10.4. The van der Waals surface area contributed by atoms with Crippen molar-refractivity contribution in [1.82, 2.24) is 0 Å². The minimum absolute atomic E-state index is 0.0405. The predicted octanol–water partition coefficient (Wildman–Crippen LogP) is 5.23. The van der Waals surface area contributed by atoms with Gasteiger partial charge in [-0.25, -0.2) is 4.79 Å². The molecule has 5 heteroatoms. The summed E-state index contributed by atoms with van der Waals surface area (Å²) < 4.78 is 16.2. The van der Waals surface area contributed by atoms with E-state index in [1.165, 1.54) is 18.9 Å². The predicted molar refractivity (Wildman–Crippen MR) is 108 cm³/mol. The van der Waals surface area contributed by atoms with Crippen molar-refractivity contribution >= 4 is 11.9 Å². The van der Waals surface area contributed by atoms with Crippen molar-refractivity contribution in [3.63, 3.8) is 0 Å². The fourth-order valence-corrected chi connectivity index (χ4v) is 3.30. The zero-order valence-electron chi connectivity index (χ0n) is 16.7. The molecule has 0 amide bonds. The highest BCUT2D eigenvalue weighted by molar-refractivity contribution is 5.81. The molecule has 0 aromatic heterocycles. The van der Waals surface area contributed by atoms with Gasteiger partial charge < -0.3 is 14.2 Å². The molecule has 1 aromatic carbocycles. The van der Waals surface area contributed by atoms with E-state index in [0.29, 0.717) is 19.0 Å². The zero-order valence-corrected chi connectivity index (χ0v) is 16.7. The van der Waals surface area contributed by atoms with Gasteiger partial charge in [0.2, 0.25) is 0 Å². The Morgan fingerprint density at radius 3 is 2.14 bits per heavy atom. The van der Waals surface area contributed by atoms with Crippen LogP contribution in [0, 0.1) is 5.92 Å². The third kappa shape index (κ3) is 8.59. The molecule has 2 rings (SSSR count). The van der Waals surface area contributed by atoms with E-state index in [1.54, 1.807) is 12.1 Å². The van der Waals surface area contributed by atoms with E-state index in [0.717, 1.165) is 57.1 Å². The summed E-state index contributed by atoms with van der Waals surface area (Å²) >= 11 is 0. The average Bonchev–Trinajstić information content (AvgIpc) is 3.00. The lowest BCUT2D eigenvalue weighted by Gasteiger charge is -2.13. The van der Waals surface area contributed by atoms with Crippen LogP contribution in [0.5, 0.6) is 11.5 Å². The Bertz CT molecular complexity index is 600. The van der Waals surface area contributed by atoms with Crippen LogP contribution in [0.15, 0.2) is 36.9 Å². The number of ether oxygens (including phenoxy) is 3. The molecule has 1 aromatic rings. The van der Waals surface area contributed by atoms with Crippen molar-refractivity contribution in [1.29, 1.82) is 0 Å². The first kappa shape index (κ1) is 22.0. The van der Waals surface area contributed by atoms with Crippen molar-refractivity contribution < 1.29 is 23.8 Å². The summed E-state index contributed by atoms with van der Waals surface area (Å²) in [6.45, 7) is 4.43. The number of unbranched alkanes of at least 4 members (excludes halogenated alkanes) is 3. The molecule has 1 saturated carbocycles. The largest absolute Gasteiger partial charge is 0.494 e. The molecule has 28 heavy (non-hydrogen) atoms. The summed E-state index contributed by atoms with van der Waals surface area (Å²) in [5.41, 5.74) is 0. The monoisotopic (exact) mass is 388 g/mol. The first-order valence-corrected chi connectivity index (χ1v) is 10.4. The molecule has 0 bridgehead atoms. The van der Waals surface area contributed by atoms with Crippen LogP contribution >= 0.6 is 0 Å². The van der Waals surface area contributed by atoms with Gasteiger partial charge in [-0.2, -0.15) is 0 Å². The average molecular weight is 389 g/mol. The summed E-state index contributed by atoms with van der Waals surface area (Å²) in [6.07, 6.45) is 11.5. The Kier molecular flexibility index (Phi) is 10.2. The van der Waals surface area contributed by atoms with Gasteiger partial charge in [-0.1, -0.05) is 32.3 Å². The Morgan fingerprint density at radius 2 is 1.50 bits per heavy atom. The van der Waals surface area contributed by atoms with Crippen LogP contribution < -0.4 is 9.47 Å². The van der Waals surface area contributed by atoms with Gasteiger partial charge in [-0.15, -0.1) is 0 Å². The molecule has 0 heterocycles. The van der Waals surface area contributed by atoms with Crippen LogP contribution in [-0.4, -0.2) is 25.2 Å². The lowest BCUT2D eigenvalue weighted by atomic mass is 10.0. The summed E-state index contributed by atoms with van der Waals surface area (Å²) in [5.74, 6) is 0.921. The number of rotatable bonds is 11. The number of carbonyl (C=O) groups is 2. The van der Waals surface area contributed by atoms with Crippen LogP contribution in [0.25, 0.3) is 0 Å². The molecule has 0 unspecified atom stereocenters. The lowest BCUT2D eigenvalue weighted by Crippen LogP contribution is -2.19. The Balaban J connectivity index is 1.58. The molecule has 0 radical (unpaired) electrons. The summed E-state index contributed by atoms with van der Waals surface area (Å²) in [6, 6.07) is 7.25. The van der Waals surface area contributed by atoms with E-state index in [-0.39, 0.29) is 17.9 Å².